The van der Waals surface area contributed by atoms with Crippen molar-refractivity contribution in [3.05, 3.63) is 28.0 Å². The van der Waals surface area contributed by atoms with Crippen molar-refractivity contribution in [2.24, 2.45) is 0 Å². The van der Waals surface area contributed by atoms with Gasteiger partial charge in [0.15, 0.2) is 0 Å². The lowest BCUT2D eigenvalue weighted by Gasteiger charge is -2.19. The van der Waals surface area contributed by atoms with Crippen LogP contribution in [0.15, 0.2) is 11.6 Å². The van der Waals surface area contributed by atoms with Gasteiger partial charge in [-0.25, -0.2) is 15.0 Å². The summed E-state index contributed by atoms with van der Waals surface area (Å²) in [7, 11) is 3.93. The van der Waals surface area contributed by atoms with Crippen LogP contribution in [0.25, 0.3) is 0 Å². The molecule has 1 N–H and O–H groups in total. The molecule has 0 radical (unpaired) electrons. The molecule has 2 rings (SSSR count). The highest BCUT2D eigenvalue weighted by atomic mass is 32.1. The lowest BCUT2D eigenvalue weighted by atomic mass is 10.2. The summed E-state index contributed by atoms with van der Waals surface area (Å²) in [4.78, 5) is 16.8. The molecule has 0 aliphatic carbocycles. The molecule has 108 valence electrons. The van der Waals surface area contributed by atoms with Gasteiger partial charge in [-0.05, 0) is 6.92 Å². The van der Waals surface area contributed by atoms with Crippen LogP contribution in [0.3, 0.4) is 0 Å². The molecular formula is C14H21N5S. The zero-order valence-corrected chi connectivity index (χ0v) is 13.5. The average Bonchev–Trinajstić information content (AvgIpc) is 2.83. The van der Waals surface area contributed by atoms with Crippen molar-refractivity contribution in [2.75, 3.05) is 24.3 Å². The molecule has 0 saturated heterocycles. The van der Waals surface area contributed by atoms with E-state index in [4.69, 9.17) is 0 Å². The molecule has 2 aromatic heterocycles. The maximum Gasteiger partial charge on any atom is 0.135 e. The Labute approximate surface area is 124 Å². The van der Waals surface area contributed by atoms with Crippen molar-refractivity contribution in [1.29, 1.82) is 0 Å². The van der Waals surface area contributed by atoms with Crippen LogP contribution in [0, 0.1) is 6.92 Å². The zero-order chi connectivity index (χ0) is 14.7. The molecule has 0 amide bonds. The van der Waals surface area contributed by atoms with E-state index in [0.29, 0.717) is 5.92 Å². The number of anilines is 2. The fourth-order valence-corrected chi connectivity index (χ4v) is 2.64. The zero-order valence-electron chi connectivity index (χ0n) is 12.6. The number of aromatic nitrogens is 3. The number of hydrogen-bond acceptors (Lipinski definition) is 6. The van der Waals surface area contributed by atoms with E-state index in [1.807, 2.05) is 32.6 Å². The molecule has 0 aliphatic heterocycles. The number of nitrogens with one attached hydrogen (secondary N) is 1. The van der Waals surface area contributed by atoms with Gasteiger partial charge in [-0.1, -0.05) is 13.8 Å². The molecule has 20 heavy (non-hydrogen) atoms. The van der Waals surface area contributed by atoms with E-state index in [-0.39, 0.29) is 0 Å². The van der Waals surface area contributed by atoms with Gasteiger partial charge in [0.05, 0.1) is 17.7 Å². The molecular weight excluding hydrogens is 270 g/mol. The number of aryl methyl sites for hydroxylation is 1. The van der Waals surface area contributed by atoms with Gasteiger partial charge < -0.3 is 10.2 Å². The maximum absolute atomic E-state index is 4.65. The molecule has 6 heteroatoms. The molecule has 0 atom stereocenters. The Morgan fingerprint density at radius 2 is 2.10 bits per heavy atom. The predicted molar refractivity (Wildman–Crippen MR) is 84.6 cm³/mol. The molecule has 5 nitrogen and oxygen atoms in total. The molecule has 0 saturated carbocycles. The van der Waals surface area contributed by atoms with Crippen LogP contribution in [0.2, 0.25) is 0 Å². The van der Waals surface area contributed by atoms with E-state index >= 15 is 0 Å². The van der Waals surface area contributed by atoms with E-state index < -0.39 is 0 Å². The van der Waals surface area contributed by atoms with Crippen molar-refractivity contribution in [2.45, 2.75) is 33.2 Å². The summed E-state index contributed by atoms with van der Waals surface area (Å²) in [6, 6.07) is 1.97. The third-order valence-corrected chi connectivity index (χ3v) is 4.04. The Morgan fingerprint density at radius 1 is 1.35 bits per heavy atom. The van der Waals surface area contributed by atoms with Gasteiger partial charge in [-0.15, -0.1) is 11.3 Å². The second kappa shape index (κ2) is 6.17. The average molecular weight is 291 g/mol. The summed E-state index contributed by atoms with van der Waals surface area (Å²) in [5, 5.41) is 3.10. The van der Waals surface area contributed by atoms with Gasteiger partial charge in [0.2, 0.25) is 0 Å². The Kier molecular flexibility index (Phi) is 4.54. The van der Waals surface area contributed by atoms with Gasteiger partial charge in [0.25, 0.3) is 0 Å². The second-order valence-electron chi connectivity index (χ2n) is 5.09. The lowest BCUT2D eigenvalue weighted by molar-refractivity contribution is 0.764. The standard InChI is InChI=1S/C14H21N5S/c1-9(2)14-17-12(15-4)6-13(18-14)19(5)7-11-10(3)16-8-20-11/h6,8-9H,7H2,1-5H3,(H,15,17,18). The highest BCUT2D eigenvalue weighted by molar-refractivity contribution is 7.09. The highest BCUT2D eigenvalue weighted by Gasteiger charge is 2.12. The van der Waals surface area contributed by atoms with Crippen LogP contribution >= 0.6 is 11.3 Å². The van der Waals surface area contributed by atoms with Crippen LogP contribution in [0.1, 0.15) is 36.2 Å². The molecule has 0 spiro atoms. The molecule has 2 aromatic rings. The van der Waals surface area contributed by atoms with Crippen LogP contribution in [-0.4, -0.2) is 29.0 Å². The smallest absolute Gasteiger partial charge is 0.135 e. The number of rotatable bonds is 5. The van der Waals surface area contributed by atoms with Gasteiger partial charge in [-0.3, -0.25) is 0 Å². The fraction of sp³-hybridized carbons (Fsp3) is 0.500. The number of thiazole rings is 1. The quantitative estimate of drug-likeness (QED) is 0.917. The van der Waals surface area contributed by atoms with Crippen molar-refractivity contribution in [3.63, 3.8) is 0 Å². The minimum Gasteiger partial charge on any atom is -0.373 e. The molecule has 0 bridgehead atoms. The summed E-state index contributed by atoms with van der Waals surface area (Å²) < 4.78 is 0. The largest absolute Gasteiger partial charge is 0.373 e. The van der Waals surface area contributed by atoms with Gasteiger partial charge in [0, 0.05) is 31.0 Å². The first-order chi connectivity index (χ1) is 9.51. The predicted octanol–water partition coefficient (Wildman–Crippen LogP) is 3.04. The van der Waals surface area contributed by atoms with E-state index in [9.17, 15) is 0 Å². The normalized spacial score (nSPS) is 10.9. The summed E-state index contributed by atoms with van der Waals surface area (Å²) in [6.45, 7) is 7.06. The maximum atomic E-state index is 4.65. The second-order valence-corrected chi connectivity index (χ2v) is 6.03. The highest BCUT2D eigenvalue weighted by Crippen LogP contribution is 2.22. The van der Waals surface area contributed by atoms with E-state index in [2.05, 4.69) is 39.0 Å². The summed E-state index contributed by atoms with van der Waals surface area (Å²) in [5.41, 5.74) is 2.98. The van der Waals surface area contributed by atoms with Crippen LogP contribution in [-0.2, 0) is 6.54 Å². The SMILES string of the molecule is CNc1cc(N(C)Cc2scnc2C)nc(C(C)C)n1. The van der Waals surface area contributed by atoms with Gasteiger partial charge in [0.1, 0.15) is 17.5 Å². The van der Waals surface area contributed by atoms with E-state index in [0.717, 1.165) is 29.7 Å². The number of nitrogens with zero attached hydrogens (tertiary/aromatic N) is 4. The minimum absolute atomic E-state index is 0.306. The molecule has 0 aliphatic rings. The van der Waals surface area contributed by atoms with Crippen molar-refractivity contribution < 1.29 is 0 Å². The van der Waals surface area contributed by atoms with Crippen LogP contribution in [0.5, 0.6) is 0 Å². The van der Waals surface area contributed by atoms with Gasteiger partial charge in [-0.2, -0.15) is 0 Å². The molecule has 2 heterocycles. The minimum atomic E-state index is 0.306. The van der Waals surface area contributed by atoms with E-state index in [1.54, 1.807) is 11.3 Å². The molecule has 0 fully saturated rings. The third kappa shape index (κ3) is 3.25. The van der Waals surface area contributed by atoms with Crippen molar-refractivity contribution in [1.82, 2.24) is 15.0 Å². The molecule has 0 aromatic carbocycles. The first kappa shape index (κ1) is 14.7. The summed E-state index contributed by atoms with van der Waals surface area (Å²) in [6.07, 6.45) is 0. The Balaban J connectivity index is 2.26. The Bertz CT molecular complexity index is 579. The van der Waals surface area contributed by atoms with Crippen molar-refractivity contribution >= 4 is 23.0 Å². The first-order valence-corrected chi connectivity index (χ1v) is 7.56. The lowest BCUT2D eigenvalue weighted by Crippen LogP contribution is -2.19. The number of hydrogen-bond donors (Lipinski definition) is 1. The fourth-order valence-electron chi connectivity index (χ4n) is 1.81. The molecule has 0 unspecified atom stereocenters. The first-order valence-electron chi connectivity index (χ1n) is 6.68. The van der Waals surface area contributed by atoms with Crippen molar-refractivity contribution in [3.8, 4) is 0 Å². The van der Waals surface area contributed by atoms with Gasteiger partial charge >= 0.3 is 0 Å². The monoisotopic (exact) mass is 291 g/mol. The van der Waals surface area contributed by atoms with Crippen LogP contribution in [0.4, 0.5) is 11.6 Å². The third-order valence-electron chi connectivity index (χ3n) is 3.12. The summed E-state index contributed by atoms with van der Waals surface area (Å²) in [5.74, 6) is 2.95. The topological polar surface area (TPSA) is 53.9 Å². The Hall–Kier alpha value is -1.69. The van der Waals surface area contributed by atoms with E-state index in [1.165, 1.54) is 4.88 Å². The summed E-state index contributed by atoms with van der Waals surface area (Å²) >= 11 is 1.68. The van der Waals surface area contributed by atoms with Crippen LogP contribution < -0.4 is 10.2 Å². The Morgan fingerprint density at radius 3 is 2.65 bits per heavy atom.